The Kier molecular flexibility index (Phi) is 3.37. The zero-order valence-electron chi connectivity index (χ0n) is 7.27. The Morgan fingerprint density at radius 1 is 1.73 bits per heavy atom. The summed E-state index contributed by atoms with van der Waals surface area (Å²) < 4.78 is 0. The van der Waals surface area contributed by atoms with Crippen molar-refractivity contribution in [3.05, 3.63) is 24.3 Å². The van der Waals surface area contributed by atoms with Gasteiger partial charge in [-0.15, -0.1) is 6.58 Å². The van der Waals surface area contributed by atoms with Crippen LogP contribution in [-0.2, 0) is 0 Å². The summed E-state index contributed by atoms with van der Waals surface area (Å²) in [5.74, 6) is 0. The van der Waals surface area contributed by atoms with E-state index in [2.05, 4.69) is 24.9 Å². The van der Waals surface area contributed by atoms with E-state index >= 15 is 0 Å². The number of nitrogens with one attached hydrogen (secondary N) is 1. The number of allylic oxidation sites excluding steroid dienone is 2. The van der Waals surface area contributed by atoms with Gasteiger partial charge < -0.3 is 5.32 Å². The summed E-state index contributed by atoms with van der Waals surface area (Å²) in [6.45, 7) is 7.08. The molecule has 11 heavy (non-hydrogen) atoms. The molecule has 0 aromatic carbocycles. The van der Waals surface area contributed by atoms with Gasteiger partial charge in [0.2, 0.25) is 0 Å². The highest BCUT2D eigenvalue weighted by molar-refractivity contribution is 5.10. The molecule has 1 unspecified atom stereocenters. The van der Waals surface area contributed by atoms with Crippen molar-refractivity contribution in [2.24, 2.45) is 0 Å². The number of hydrogen-bond acceptors (Lipinski definition) is 1. The van der Waals surface area contributed by atoms with Gasteiger partial charge in [-0.2, -0.15) is 0 Å². The first-order chi connectivity index (χ1) is 5.34. The summed E-state index contributed by atoms with van der Waals surface area (Å²) in [5, 5.41) is 3.46. The Hall–Kier alpha value is -0.560. The van der Waals surface area contributed by atoms with Crippen LogP contribution < -0.4 is 5.32 Å². The normalized spacial score (nSPS) is 25.5. The minimum atomic E-state index is 0.648. The summed E-state index contributed by atoms with van der Waals surface area (Å²) in [7, 11) is 0. The highest BCUT2D eigenvalue weighted by atomic mass is 14.9. The van der Waals surface area contributed by atoms with Crippen molar-refractivity contribution in [1.82, 2.24) is 5.32 Å². The molecule has 0 amide bonds. The molecule has 1 nitrogen and oxygen atoms in total. The number of rotatable bonds is 3. The van der Waals surface area contributed by atoms with Gasteiger partial charge in [-0.05, 0) is 32.7 Å². The van der Waals surface area contributed by atoms with E-state index in [0.717, 1.165) is 6.42 Å². The van der Waals surface area contributed by atoms with Crippen molar-refractivity contribution in [3.63, 3.8) is 0 Å². The minimum Gasteiger partial charge on any atom is -0.310 e. The molecule has 1 aliphatic heterocycles. The lowest BCUT2D eigenvalue weighted by atomic mass is 10.1. The molecule has 62 valence electrons. The third kappa shape index (κ3) is 2.51. The third-order valence-electron chi connectivity index (χ3n) is 2.22. The Balaban J connectivity index is 2.38. The van der Waals surface area contributed by atoms with Crippen molar-refractivity contribution in [3.8, 4) is 0 Å². The van der Waals surface area contributed by atoms with Crippen LogP contribution in [0.4, 0.5) is 0 Å². The molecule has 0 spiro atoms. The van der Waals surface area contributed by atoms with Crippen LogP contribution in [0.25, 0.3) is 0 Å². The monoisotopic (exact) mass is 151 g/mol. The van der Waals surface area contributed by atoms with Crippen LogP contribution in [0, 0.1) is 0 Å². The summed E-state index contributed by atoms with van der Waals surface area (Å²) in [4.78, 5) is 0. The topological polar surface area (TPSA) is 12.0 Å². The minimum absolute atomic E-state index is 0.648. The van der Waals surface area contributed by atoms with E-state index in [9.17, 15) is 0 Å². The molecule has 1 saturated heterocycles. The summed E-state index contributed by atoms with van der Waals surface area (Å²) in [6, 6.07) is 0.648. The van der Waals surface area contributed by atoms with E-state index in [0.29, 0.717) is 6.04 Å². The Morgan fingerprint density at radius 2 is 2.55 bits per heavy atom. The molecular weight excluding hydrogens is 134 g/mol. The molecule has 1 rings (SSSR count). The zero-order chi connectivity index (χ0) is 8.10. The molecular formula is C10H17N. The molecule has 0 bridgehead atoms. The quantitative estimate of drug-likeness (QED) is 0.610. The van der Waals surface area contributed by atoms with E-state index in [1.807, 2.05) is 6.08 Å². The standard InChI is InChI=1S/C10H17N/c1-3-4-6-9(2)10-7-5-8-11-10/h3,6,10-11H,1,4-5,7-8H2,2H3/b9-6-. The fourth-order valence-corrected chi connectivity index (χ4v) is 1.48. The second kappa shape index (κ2) is 4.35. The van der Waals surface area contributed by atoms with Crippen LogP contribution in [0.15, 0.2) is 24.3 Å². The van der Waals surface area contributed by atoms with Crippen molar-refractivity contribution in [1.29, 1.82) is 0 Å². The van der Waals surface area contributed by atoms with E-state index < -0.39 is 0 Å². The van der Waals surface area contributed by atoms with Gasteiger partial charge in [0.05, 0.1) is 0 Å². The van der Waals surface area contributed by atoms with Gasteiger partial charge in [-0.25, -0.2) is 0 Å². The van der Waals surface area contributed by atoms with Crippen LogP contribution in [0.3, 0.4) is 0 Å². The molecule has 1 aliphatic rings. The van der Waals surface area contributed by atoms with Gasteiger partial charge in [0.15, 0.2) is 0 Å². The predicted molar refractivity (Wildman–Crippen MR) is 49.6 cm³/mol. The second-order valence-corrected chi connectivity index (χ2v) is 3.12. The second-order valence-electron chi connectivity index (χ2n) is 3.12. The van der Waals surface area contributed by atoms with Crippen LogP contribution in [-0.4, -0.2) is 12.6 Å². The lowest BCUT2D eigenvalue weighted by Gasteiger charge is -2.09. The van der Waals surface area contributed by atoms with Gasteiger partial charge in [0.25, 0.3) is 0 Å². The fraction of sp³-hybridized carbons (Fsp3) is 0.600. The molecule has 1 fully saturated rings. The van der Waals surface area contributed by atoms with Crippen LogP contribution in [0.5, 0.6) is 0 Å². The first-order valence-corrected chi connectivity index (χ1v) is 4.35. The van der Waals surface area contributed by atoms with Gasteiger partial charge in [0.1, 0.15) is 0 Å². The maximum absolute atomic E-state index is 3.69. The molecule has 1 heteroatoms. The Morgan fingerprint density at radius 3 is 3.09 bits per heavy atom. The smallest absolute Gasteiger partial charge is 0.0277 e. The summed E-state index contributed by atoms with van der Waals surface area (Å²) >= 11 is 0. The highest BCUT2D eigenvalue weighted by Crippen LogP contribution is 2.13. The van der Waals surface area contributed by atoms with E-state index in [1.165, 1.54) is 25.0 Å². The predicted octanol–water partition coefficient (Wildman–Crippen LogP) is 2.26. The summed E-state index contributed by atoms with van der Waals surface area (Å²) in [5.41, 5.74) is 1.47. The van der Waals surface area contributed by atoms with Crippen LogP contribution in [0.2, 0.25) is 0 Å². The van der Waals surface area contributed by atoms with Crippen molar-refractivity contribution in [2.45, 2.75) is 32.2 Å². The molecule has 0 aromatic heterocycles. The first-order valence-electron chi connectivity index (χ1n) is 4.35. The number of hydrogen-bond donors (Lipinski definition) is 1. The average Bonchev–Trinajstić information content (AvgIpc) is 2.52. The first kappa shape index (κ1) is 8.54. The Labute approximate surface area is 69.2 Å². The largest absolute Gasteiger partial charge is 0.310 e. The lowest BCUT2D eigenvalue weighted by molar-refractivity contribution is 0.687. The molecule has 1 N–H and O–H groups in total. The fourth-order valence-electron chi connectivity index (χ4n) is 1.48. The molecule has 0 saturated carbocycles. The Bertz CT molecular complexity index is 152. The maximum atomic E-state index is 3.69. The van der Waals surface area contributed by atoms with Crippen molar-refractivity contribution >= 4 is 0 Å². The van der Waals surface area contributed by atoms with E-state index in [-0.39, 0.29) is 0 Å². The van der Waals surface area contributed by atoms with Gasteiger partial charge >= 0.3 is 0 Å². The lowest BCUT2D eigenvalue weighted by Crippen LogP contribution is -2.22. The van der Waals surface area contributed by atoms with Crippen molar-refractivity contribution < 1.29 is 0 Å². The van der Waals surface area contributed by atoms with Gasteiger partial charge in [-0.3, -0.25) is 0 Å². The van der Waals surface area contributed by atoms with E-state index in [4.69, 9.17) is 0 Å². The van der Waals surface area contributed by atoms with E-state index in [1.54, 1.807) is 0 Å². The maximum Gasteiger partial charge on any atom is 0.0277 e. The van der Waals surface area contributed by atoms with Crippen LogP contribution >= 0.6 is 0 Å². The molecule has 1 atom stereocenters. The molecule has 1 heterocycles. The molecule has 0 aliphatic carbocycles. The molecule has 0 aromatic rings. The van der Waals surface area contributed by atoms with Crippen LogP contribution in [0.1, 0.15) is 26.2 Å². The average molecular weight is 151 g/mol. The summed E-state index contributed by atoms with van der Waals surface area (Å²) in [6.07, 6.45) is 7.84. The SMILES string of the molecule is C=CC/C=C(/C)C1CCCN1. The zero-order valence-corrected chi connectivity index (χ0v) is 7.27. The highest BCUT2D eigenvalue weighted by Gasteiger charge is 2.14. The molecule has 0 radical (unpaired) electrons. The van der Waals surface area contributed by atoms with Gasteiger partial charge in [-0.1, -0.05) is 17.7 Å². The third-order valence-corrected chi connectivity index (χ3v) is 2.22. The van der Waals surface area contributed by atoms with Crippen molar-refractivity contribution in [2.75, 3.05) is 6.54 Å². The van der Waals surface area contributed by atoms with Gasteiger partial charge in [0, 0.05) is 6.04 Å².